The fourth-order valence-electron chi connectivity index (χ4n) is 2.76. The van der Waals surface area contributed by atoms with Gasteiger partial charge in [-0.3, -0.25) is 9.48 Å². The van der Waals surface area contributed by atoms with Crippen LogP contribution in [-0.4, -0.2) is 45.9 Å². The van der Waals surface area contributed by atoms with E-state index in [0.717, 1.165) is 16.5 Å². The molecule has 0 atom stereocenters. The number of carbonyl (C=O) groups is 1. The van der Waals surface area contributed by atoms with E-state index in [1.54, 1.807) is 24.2 Å². The van der Waals surface area contributed by atoms with E-state index < -0.39 is 0 Å². The molecule has 3 aromatic heterocycles. The fraction of sp³-hybridized carbons (Fsp3) is 0.222. The Morgan fingerprint density at radius 1 is 1.30 bits per heavy atom. The van der Waals surface area contributed by atoms with Gasteiger partial charge in [-0.1, -0.05) is 12.1 Å². The molecule has 0 radical (unpaired) electrons. The van der Waals surface area contributed by atoms with Gasteiger partial charge < -0.3 is 19.8 Å². The van der Waals surface area contributed by atoms with Crippen LogP contribution in [0.1, 0.15) is 0 Å². The van der Waals surface area contributed by atoms with Crippen molar-refractivity contribution >= 4 is 39.5 Å². The maximum Gasteiger partial charge on any atom is 0.241 e. The Labute approximate surface area is 154 Å². The number of fused-ring (bicyclic) bond motifs is 3. The molecule has 0 bridgehead atoms. The van der Waals surface area contributed by atoms with Crippen molar-refractivity contribution in [2.75, 3.05) is 25.6 Å². The predicted molar refractivity (Wildman–Crippen MR) is 99.7 cm³/mol. The number of ether oxygens (including phenoxy) is 1. The van der Waals surface area contributed by atoms with Crippen LogP contribution < -0.4 is 10.6 Å². The summed E-state index contributed by atoms with van der Waals surface area (Å²) in [7, 11) is 1.59. The molecule has 138 valence electrons. The Hall–Kier alpha value is -3.46. The second-order valence-corrected chi connectivity index (χ2v) is 5.89. The van der Waals surface area contributed by atoms with Gasteiger partial charge in [-0.15, -0.1) is 0 Å². The minimum absolute atomic E-state index is 0.120. The first-order valence-electron chi connectivity index (χ1n) is 8.42. The molecule has 1 amide bonds. The monoisotopic (exact) mass is 366 g/mol. The van der Waals surface area contributed by atoms with Crippen molar-refractivity contribution in [3.8, 4) is 0 Å². The van der Waals surface area contributed by atoms with E-state index in [0.29, 0.717) is 30.2 Å². The molecule has 9 nitrogen and oxygen atoms in total. The molecule has 0 aliphatic carbocycles. The summed E-state index contributed by atoms with van der Waals surface area (Å²) < 4.78 is 12.3. The van der Waals surface area contributed by atoms with Crippen molar-refractivity contribution in [2.24, 2.45) is 0 Å². The van der Waals surface area contributed by atoms with Crippen molar-refractivity contribution in [1.29, 1.82) is 0 Å². The molecule has 0 spiro atoms. The molecule has 0 unspecified atom stereocenters. The van der Waals surface area contributed by atoms with E-state index in [2.05, 4.69) is 25.7 Å². The van der Waals surface area contributed by atoms with Crippen molar-refractivity contribution in [3.63, 3.8) is 0 Å². The van der Waals surface area contributed by atoms with E-state index in [1.807, 2.05) is 24.3 Å². The first-order valence-corrected chi connectivity index (χ1v) is 8.42. The molecule has 0 aliphatic rings. The number of amides is 1. The van der Waals surface area contributed by atoms with Gasteiger partial charge in [0.05, 0.1) is 18.5 Å². The van der Waals surface area contributed by atoms with Crippen LogP contribution >= 0.6 is 0 Å². The van der Waals surface area contributed by atoms with E-state index in [-0.39, 0.29) is 12.5 Å². The number of hydrogen-bond donors (Lipinski definition) is 2. The van der Waals surface area contributed by atoms with Crippen molar-refractivity contribution in [2.45, 2.75) is 6.54 Å². The highest BCUT2D eigenvalue weighted by Crippen LogP contribution is 2.31. The predicted octanol–water partition coefficient (Wildman–Crippen LogP) is 2.08. The molecule has 0 aliphatic heterocycles. The number of methoxy groups -OCH3 is 1. The Bertz CT molecular complexity index is 1090. The van der Waals surface area contributed by atoms with Crippen LogP contribution in [0.5, 0.6) is 0 Å². The maximum absolute atomic E-state index is 11.8. The number of nitrogens with one attached hydrogen (secondary N) is 2. The minimum Gasteiger partial charge on any atom is -0.450 e. The van der Waals surface area contributed by atoms with Crippen LogP contribution in [0.3, 0.4) is 0 Å². The highest BCUT2D eigenvalue weighted by atomic mass is 16.5. The molecular formula is C18H18N6O3. The molecule has 3 heterocycles. The van der Waals surface area contributed by atoms with E-state index in [9.17, 15) is 4.79 Å². The number of anilines is 2. The summed E-state index contributed by atoms with van der Waals surface area (Å²) in [6.45, 7) is 1.06. The topological polar surface area (TPSA) is 107 Å². The summed E-state index contributed by atoms with van der Waals surface area (Å²) >= 11 is 0. The van der Waals surface area contributed by atoms with E-state index in [4.69, 9.17) is 9.15 Å². The largest absolute Gasteiger partial charge is 0.450 e. The lowest BCUT2D eigenvalue weighted by Crippen LogP contribution is -2.30. The third-order valence-electron chi connectivity index (χ3n) is 3.99. The van der Waals surface area contributed by atoms with Gasteiger partial charge in [0.2, 0.25) is 5.91 Å². The number of nitrogens with zero attached hydrogens (tertiary/aromatic N) is 4. The van der Waals surface area contributed by atoms with Crippen LogP contribution in [0.2, 0.25) is 0 Å². The van der Waals surface area contributed by atoms with Crippen LogP contribution in [0.25, 0.3) is 22.1 Å². The SMILES string of the molecule is COCCNC(=O)Cn1cc(Nc2ncnc3c2oc2ccccc23)cn1. The molecule has 4 aromatic rings. The van der Waals surface area contributed by atoms with Crippen molar-refractivity contribution < 1.29 is 13.9 Å². The lowest BCUT2D eigenvalue weighted by Gasteiger charge is -2.04. The van der Waals surface area contributed by atoms with Gasteiger partial charge in [-0.05, 0) is 12.1 Å². The lowest BCUT2D eigenvalue weighted by atomic mass is 10.2. The summed E-state index contributed by atoms with van der Waals surface area (Å²) in [5.74, 6) is 0.406. The summed E-state index contributed by atoms with van der Waals surface area (Å²) in [5.41, 5.74) is 2.76. The Kier molecular flexibility index (Phi) is 4.67. The third-order valence-corrected chi connectivity index (χ3v) is 3.99. The minimum atomic E-state index is -0.136. The lowest BCUT2D eigenvalue weighted by molar-refractivity contribution is -0.122. The Balaban J connectivity index is 1.51. The van der Waals surface area contributed by atoms with Crippen LogP contribution in [0.15, 0.2) is 47.4 Å². The van der Waals surface area contributed by atoms with Gasteiger partial charge in [0.25, 0.3) is 0 Å². The van der Waals surface area contributed by atoms with Crippen molar-refractivity contribution in [3.05, 3.63) is 43.0 Å². The highest BCUT2D eigenvalue weighted by Gasteiger charge is 2.13. The number of rotatable bonds is 7. The molecule has 9 heteroatoms. The molecule has 1 aromatic carbocycles. The fourth-order valence-corrected chi connectivity index (χ4v) is 2.76. The molecule has 0 saturated carbocycles. The summed E-state index contributed by atoms with van der Waals surface area (Å²) in [6, 6.07) is 7.69. The van der Waals surface area contributed by atoms with Gasteiger partial charge in [0.1, 0.15) is 24.0 Å². The first-order chi connectivity index (χ1) is 13.2. The number of benzene rings is 1. The van der Waals surface area contributed by atoms with Gasteiger partial charge >= 0.3 is 0 Å². The Morgan fingerprint density at radius 3 is 3.07 bits per heavy atom. The van der Waals surface area contributed by atoms with Gasteiger partial charge in [-0.2, -0.15) is 5.10 Å². The zero-order chi connectivity index (χ0) is 18.6. The number of para-hydroxylation sites is 1. The smallest absolute Gasteiger partial charge is 0.241 e. The van der Waals surface area contributed by atoms with E-state index in [1.165, 1.54) is 6.33 Å². The Morgan fingerprint density at radius 2 is 2.19 bits per heavy atom. The molecule has 2 N–H and O–H groups in total. The number of hydrogen-bond acceptors (Lipinski definition) is 7. The maximum atomic E-state index is 11.8. The van der Waals surface area contributed by atoms with E-state index >= 15 is 0 Å². The van der Waals surface area contributed by atoms with Crippen LogP contribution in [0.4, 0.5) is 11.5 Å². The molecule has 0 saturated heterocycles. The highest BCUT2D eigenvalue weighted by molar-refractivity contribution is 6.05. The normalized spacial score (nSPS) is 11.1. The molecule has 27 heavy (non-hydrogen) atoms. The molecule has 4 rings (SSSR count). The van der Waals surface area contributed by atoms with Gasteiger partial charge in [-0.25, -0.2) is 9.97 Å². The summed E-state index contributed by atoms with van der Waals surface area (Å²) in [4.78, 5) is 20.4. The second kappa shape index (κ2) is 7.42. The summed E-state index contributed by atoms with van der Waals surface area (Å²) in [5, 5.41) is 11.0. The van der Waals surface area contributed by atoms with Crippen LogP contribution in [-0.2, 0) is 16.1 Å². The zero-order valence-corrected chi connectivity index (χ0v) is 14.7. The zero-order valence-electron chi connectivity index (χ0n) is 14.7. The van der Waals surface area contributed by atoms with Crippen molar-refractivity contribution in [1.82, 2.24) is 25.1 Å². The number of aromatic nitrogens is 4. The summed E-state index contributed by atoms with van der Waals surface area (Å²) in [6.07, 6.45) is 4.84. The average Bonchev–Trinajstić information content (AvgIpc) is 3.27. The van der Waals surface area contributed by atoms with Gasteiger partial charge in [0, 0.05) is 25.2 Å². The molecular weight excluding hydrogens is 348 g/mol. The average molecular weight is 366 g/mol. The second-order valence-electron chi connectivity index (χ2n) is 5.89. The third kappa shape index (κ3) is 3.58. The number of carbonyl (C=O) groups excluding carboxylic acids is 1. The van der Waals surface area contributed by atoms with Crippen LogP contribution in [0, 0.1) is 0 Å². The quantitative estimate of drug-likeness (QED) is 0.482. The van der Waals surface area contributed by atoms with Gasteiger partial charge in [0.15, 0.2) is 11.4 Å². The standard InChI is InChI=1S/C18H18N6O3/c1-26-7-6-19-15(25)10-24-9-12(8-22-24)23-18-17-16(20-11-21-18)13-4-2-3-5-14(13)27-17/h2-5,8-9,11H,6-7,10H2,1H3,(H,19,25)(H,20,21,23). The first kappa shape index (κ1) is 17.0. The number of furan rings is 1. The molecule has 0 fully saturated rings.